The van der Waals surface area contributed by atoms with Crippen molar-refractivity contribution in [3.63, 3.8) is 0 Å². The molecule has 3 heterocycles. The highest BCUT2D eigenvalue weighted by Gasteiger charge is 2.25. The number of anilines is 1. The van der Waals surface area contributed by atoms with E-state index in [0.717, 1.165) is 0 Å². The highest BCUT2D eigenvalue weighted by atomic mass is 35.5. The quantitative estimate of drug-likeness (QED) is 0.577. The van der Waals surface area contributed by atoms with Gasteiger partial charge in [-0.1, -0.05) is 23.2 Å². The summed E-state index contributed by atoms with van der Waals surface area (Å²) in [6.45, 7) is 3.78. The van der Waals surface area contributed by atoms with E-state index in [1.54, 1.807) is 38.8 Å². The van der Waals surface area contributed by atoms with E-state index < -0.39 is 5.82 Å². The van der Waals surface area contributed by atoms with Crippen LogP contribution in [0.3, 0.4) is 0 Å². The lowest BCUT2D eigenvalue weighted by molar-refractivity contribution is -0.132. The highest BCUT2D eigenvalue weighted by Crippen LogP contribution is 2.32. The third-order valence-corrected chi connectivity index (χ3v) is 6.06. The number of methoxy groups -OCH3 is 1. The van der Waals surface area contributed by atoms with Crippen LogP contribution in [0.2, 0.25) is 10.0 Å². The lowest BCUT2D eigenvalue weighted by atomic mass is 10.2. The molecule has 0 saturated carbocycles. The Morgan fingerprint density at radius 3 is 2.61 bits per heavy atom. The molecule has 1 saturated heterocycles. The summed E-state index contributed by atoms with van der Waals surface area (Å²) in [7, 11) is 1.49. The molecule has 164 valence electrons. The zero-order chi connectivity index (χ0) is 22.1. The molecule has 1 aliphatic heterocycles. The normalized spacial score (nSPS) is 14.2. The molecule has 0 radical (unpaired) electrons. The largest absolute Gasteiger partial charge is 0.495 e. The Morgan fingerprint density at radius 1 is 1.23 bits per heavy atom. The van der Waals surface area contributed by atoms with Crippen LogP contribution in [-0.4, -0.2) is 63.7 Å². The molecular weight excluding hydrogens is 446 g/mol. The third-order valence-electron chi connectivity index (χ3n) is 5.32. The van der Waals surface area contributed by atoms with Gasteiger partial charge in [0.15, 0.2) is 5.82 Å². The fourth-order valence-corrected chi connectivity index (χ4v) is 3.99. The minimum Gasteiger partial charge on any atom is -0.495 e. The molecule has 31 heavy (non-hydrogen) atoms. The monoisotopic (exact) mass is 466 g/mol. The Hall–Kier alpha value is -2.78. The predicted molar refractivity (Wildman–Crippen MR) is 116 cm³/mol. The second-order valence-electron chi connectivity index (χ2n) is 7.14. The number of piperazine rings is 1. The summed E-state index contributed by atoms with van der Waals surface area (Å²) in [5.41, 5.74) is 1.10. The third kappa shape index (κ3) is 4.20. The number of benzene rings is 1. The molecule has 11 heteroatoms. The maximum atomic E-state index is 14.4. The van der Waals surface area contributed by atoms with Crippen molar-refractivity contribution in [1.29, 1.82) is 0 Å². The van der Waals surface area contributed by atoms with E-state index in [9.17, 15) is 9.18 Å². The maximum absolute atomic E-state index is 14.4. The molecule has 0 spiro atoms. The first-order valence-corrected chi connectivity index (χ1v) is 10.4. The molecule has 8 nitrogen and oxygen atoms in total. The number of rotatable bonds is 5. The van der Waals surface area contributed by atoms with Gasteiger partial charge >= 0.3 is 0 Å². The minimum absolute atomic E-state index is 0.0654. The number of amides is 1. The molecule has 0 bridgehead atoms. The summed E-state index contributed by atoms with van der Waals surface area (Å²) < 4.78 is 22.7. The zero-order valence-electron chi connectivity index (χ0n) is 17.1. The first kappa shape index (κ1) is 21.5. The Kier molecular flexibility index (Phi) is 6.06. The number of ether oxygens (including phenoxy) is 1. The van der Waals surface area contributed by atoms with Gasteiger partial charge in [0.1, 0.15) is 23.1 Å². The number of carbonyl (C=O) groups excluding carboxylic acids is 1. The van der Waals surface area contributed by atoms with E-state index in [-0.39, 0.29) is 17.5 Å². The fourth-order valence-electron chi connectivity index (χ4n) is 3.54. The zero-order valence-corrected chi connectivity index (χ0v) is 18.6. The number of aromatic nitrogens is 4. The van der Waals surface area contributed by atoms with E-state index in [1.165, 1.54) is 13.2 Å². The molecule has 0 aliphatic carbocycles. The smallest absolute Gasteiger partial charge is 0.244 e. The van der Waals surface area contributed by atoms with Gasteiger partial charge in [0.25, 0.3) is 0 Å². The van der Waals surface area contributed by atoms with E-state index >= 15 is 0 Å². The maximum Gasteiger partial charge on any atom is 0.244 e. The van der Waals surface area contributed by atoms with E-state index in [0.29, 0.717) is 54.2 Å². The van der Waals surface area contributed by atoms with Crippen LogP contribution < -0.4 is 9.64 Å². The SMILES string of the molecule is COc1cc(N2CCN(C(=O)Cn3nc(-n4cccn4)c(Cl)c3C)CC2)c(F)cc1Cl. The number of carbonyl (C=O) groups is 1. The van der Waals surface area contributed by atoms with Crippen LogP contribution in [0.15, 0.2) is 30.6 Å². The standard InChI is InChI=1S/C20H21Cl2FN6O2/c1-13-19(22)20(28-5-3-4-24-28)25-29(13)12-18(30)27-8-6-26(7-9-27)16-11-17(31-2)14(21)10-15(16)23/h3-5,10-11H,6-9,12H2,1-2H3. The summed E-state index contributed by atoms with van der Waals surface area (Å²) in [5, 5.41) is 9.25. The van der Waals surface area contributed by atoms with E-state index in [1.807, 2.05) is 11.8 Å². The second-order valence-corrected chi connectivity index (χ2v) is 7.92. The first-order chi connectivity index (χ1) is 14.9. The second kappa shape index (κ2) is 8.76. The molecule has 1 aromatic carbocycles. The van der Waals surface area contributed by atoms with Gasteiger partial charge in [-0.05, 0) is 19.1 Å². The molecular formula is C20H21Cl2FN6O2. The highest BCUT2D eigenvalue weighted by molar-refractivity contribution is 6.33. The molecule has 1 fully saturated rings. The lowest BCUT2D eigenvalue weighted by Crippen LogP contribution is -2.50. The Morgan fingerprint density at radius 2 is 1.97 bits per heavy atom. The fraction of sp³-hybridized carbons (Fsp3) is 0.350. The summed E-state index contributed by atoms with van der Waals surface area (Å²) in [5.74, 6) is 0.395. The summed E-state index contributed by atoms with van der Waals surface area (Å²) >= 11 is 12.4. The van der Waals surface area contributed by atoms with Crippen LogP contribution >= 0.6 is 23.2 Å². The molecule has 2 aromatic heterocycles. The van der Waals surface area contributed by atoms with E-state index in [2.05, 4.69) is 10.2 Å². The van der Waals surface area contributed by atoms with Crippen LogP contribution in [0, 0.1) is 12.7 Å². The molecule has 1 amide bonds. The number of nitrogens with zero attached hydrogens (tertiary/aromatic N) is 6. The molecule has 4 rings (SSSR count). The van der Waals surface area contributed by atoms with Crippen LogP contribution in [0.4, 0.5) is 10.1 Å². The summed E-state index contributed by atoms with van der Waals surface area (Å²) in [6.07, 6.45) is 3.37. The van der Waals surface area contributed by atoms with Crippen molar-refractivity contribution in [1.82, 2.24) is 24.5 Å². The van der Waals surface area contributed by atoms with Crippen molar-refractivity contribution in [2.45, 2.75) is 13.5 Å². The Bertz CT molecular complexity index is 1090. The summed E-state index contributed by atoms with van der Waals surface area (Å²) in [6, 6.07) is 4.60. The Balaban J connectivity index is 1.42. The van der Waals surface area contributed by atoms with Crippen molar-refractivity contribution in [3.8, 4) is 11.6 Å². The Labute approximate surface area is 188 Å². The van der Waals surface area contributed by atoms with Crippen LogP contribution in [0.5, 0.6) is 5.75 Å². The van der Waals surface area contributed by atoms with Gasteiger partial charge in [0.05, 0.1) is 23.5 Å². The van der Waals surface area contributed by atoms with Gasteiger partial charge in [0.2, 0.25) is 5.91 Å². The van der Waals surface area contributed by atoms with Gasteiger partial charge in [-0.15, -0.1) is 0 Å². The van der Waals surface area contributed by atoms with Gasteiger partial charge < -0.3 is 14.5 Å². The molecule has 0 unspecified atom stereocenters. The van der Waals surface area contributed by atoms with Crippen molar-refractivity contribution in [3.05, 3.63) is 52.1 Å². The van der Waals surface area contributed by atoms with Crippen molar-refractivity contribution >= 4 is 34.8 Å². The molecule has 0 atom stereocenters. The van der Waals surface area contributed by atoms with Gasteiger partial charge in [0, 0.05) is 44.6 Å². The van der Waals surface area contributed by atoms with Crippen molar-refractivity contribution in [2.75, 3.05) is 38.2 Å². The number of halogens is 3. The molecule has 0 N–H and O–H groups in total. The predicted octanol–water partition coefficient (Wildman–Crippen LogP) is 3.18. The summed E-state index contributed by atoms with van der Waals surface area (Å²) in [4.78, 5) is 16.5. The minimum atomic E-state index is -0.418. The average Bonchev–Trinajstić information content (AvgIpc) is 3.38. The van der Waals surface area contributed by atoms with Crippen LogP contribution in [-0.2, 0) is 11.3 Å². The van der Waals surface area contributed by atoms with Gasteiger partial charge in [-0.3, -0.25) is 9.48 Å². The van der Waals surface area contributed by atoms with E-state index in [4.69, 9.17) is 27.9 Å². The first-order valence-electron chi connectivity index (χ1n) is 9.67. The van der Waals surface area contributed by atoms with Crippen molar-refractivity contribution in [2.24, 2.45) is 0 Å². The van der Waals surface area contributed by atoms with Gasteiger partial charge in [-0.25, -0.2) is 9.07 Å². The number of hydrogen-bond donors (Lipinski definition) is 0. The van der Waals surface area contributed by atoms with Crippen molar-refractivity contribution < 1.29 is 13.9 Å². The topological polar surface area (TPSA) is 68.4 Å². The van der Waals surface area contributed by atoms with Crippen LogP contribution in [0.25, 0.3) is 5.82 Å². The molecule has 1 aliphatic rings. The average molecular weight is 467 g/mol. The van der Waals surface area contributed by atoms with Crippen LogP contribution in [0.1, 0.15) is 5.69 Å². The lowest BCUT2D eigenvalue weighted by Gasteiger charge is -2.36. The number of hydrogen-bond acceptors (Lipinski definition) is 5. The van der Waals surface area contributed by atoms with Gasteiger partial charge in [-0.2, -0.15) is 10.2 Å². The molecule has 3 aromatic rings.